The van der Waals surface area contributed by atoms with Crippen molar-refractivity contribution in [1.82, 2.24) is 0 Å². The number of esters is 1. The summed E-state index contributed by atoms with van der Waals surface area (Å²) in [4.78, 5) is 13.4. The van der Waals surface area contributed by atoms with Gasteiger partial charge in [-0.05, 0) is 48.9 Å². The fraction of sp³-hybridized carbons (Fsp3) is 0.250. The third kappa shape index (κ3) is 4.91. The summed E-state index contributed by atoms with van der Waals surface area (Å²) in [5, 5.41) is 11.0. The van der Waals surface area contributed by atoms with E-state index < -0.39 is 11.6 Å². The molecule has 0 amide bonds. The molecule has 3 nitrogen and oxygen atoms in total. The molecular formula is C28H28O3S. The molecule has 1 N–H and O–H groups in total. The van der Waals surface area contributed by atoms with Gasteiger partial charge in [0.25, 0.3) is 0 Å². The van der Waals surface area contributed by atoms with Gasteiger partial charge in [0.05, 0.1) is 6.42 Å². The van der Waals surface area contributed by atoms with Crippen LogP contribution in [-0.4, -0.2) is 11.1 Å². The number of hydrogen-bond donors (Lipinski definition) is 1. The molecule has 0 aromatic heterocycles. The molecule has 1 aliphatic rings. The van der Waals surface area contributed by atoms with Crippen LogP contribution >= 0.6 is 11.8 Å². The molecule has 0 aliphatic carbocycles. The van der Waals surface area contributed by atoms with Gasteiger partial charge in [0, 0.05) is 5.75 Å². The smallest absolute Gasteiger partial charge is 0.348 e. The van der Waals surface area contributed by atoms with E-state index in [0.717, 1.165) is 17.5 Å². The van der Waals surface area contributed by atoms with Gasteiger partial charge in [-0.1, -0.05) is 84.4 Å². The van der Waals surface area contributed by atoms with Crippen LogP contribution in [-0.2, 0) is 27.3 Å². The predicted molar refractivity (Wildman–Crippen MR) is 130 cm³/mol. The highest BCUT2D eigenvalue weighted by atomic mass is 32.2. The summed E-state index contributed by atoms with van der Waals surface area (Å²) in [5.74, 6) is 0.291. The minimum Gasteiger partial charge on any atom is -0.511 e. The van der Waals surface area contributed by atoms with E-state index in [9.17, 15) is 9.90 Å². The molecule has 0 radical (unpaired) electrons. The lowest BCUT2D eigenvalue weighted by atomic mass is 9.82. The first kappa shape index (κ1) is 22.2. The zero-order valence-corrected chi connectivity index (χ0v) is 19.3. The summed E-state index contributed by atoms with van der Waals surface area (Å²) in [6.45, 7) is 4.12. The first-order valence-electron chi connectivity index (χ1n) is 10.9. The number of aliphatic hydroxyl groups is 1. The second-order valence-electron chi connectivity index (χ2n) is 8.41. The largest absolute Gasteiger partial charge is 0.511 e. The highest BCUT2D eigenvalue weighted by molar-refractivity contribution is 8.03. The fourth-order valence-corrected chi connectivity index (χ4v) is 5.16. The molecule has 0 bridgehead atoms. The molecular weight excluding hydrogens is 416 g/mol. The first-order valence-corrected chi connectivity index (χ1v) is 11.9. The Labute approximate surface area is 194 Å². The van der Waals surface area contributed by atoms with Gasteiger partial charge >= 0.3 is 5.97 Å². The van der Waals surface area contributed by atoms with E-state index in [4.69, 9.17) is 4.74 Å². The number of ether oxygens (including phenoxy) is 1. The molecule has 0 spiro atoms. The SMILES string of the molecule is Cc1ccc(C)c(CSC2=C(O)CC(CCc3ccccc3)(c3ccccc3)OC2=O)c1. The minimum atomic E-state index is -0.873. The van der Waals surface area contributed by atoms with Crippen molar-refractivity contribution >= 4 is 17.7 Å². The van der Waals surface area contributed by atoms with Gasteiger partial charge in [-0.2, -0.15) is 0 Å². The Kier molecular flexibility index (Phi) is 6.71. The van der Waals surface area contributed by atoms with Crippen LogP contribution in [0.4, 0.5) is 0 Å². The quantitative estimate of drug-likeness (QED) is 0.408. The van der Waals surface area contributed by atoms with Gasteiger partial charge in [-0.15, -0.1) is 11.8 Å². The maximum absolute atomic E-state index is 13.1. The lowest BCUT2D eigenvalue weighted by molar-refractivity contribution is -0.160. The lowest BCUT2D eigenvalue weighted by Crippen LogP contribution is -2.38. The molecule has 32 heavy (non-hydrogen) atoms. The zero-order valence-electron chi connectivity index (χ0n) is 18.5. The van der Waals surface area contributed by atoms with E-state index >= 15 is 0 Å². The molecule has 0 fully saturated rings. The number of benzene rings is 3. The summed E-state index contributed by atoms with van der Waals surface area (Å²) in [6, 6.07) is 26.2. The highest BCUT2D eigenvalue weighted by Crippen LogP contribution is 2.44. The third-order valence-corrected chi connectivity index (χ3v) is 7.17. The van der Waals surface area contributed by atoms with E-state index in [1.165, 1.54) is 28.5 Å². The predicted octanol–water partition coefficient (Wildman–Crippen LogP) is 6.78. The number of thioether (sulfide) groups is 1. The molecule has 3 aromatic rings. The Bertz CT molecular complexity index is 1120. The van der Waals surface area contributed by atoms with E-state index in [1.807, 2.05) is 48.5 Å². The van der Waals surface area contributed by atoms with Gasteiger partial charge < -0.3 is 9.84 Å². The van der Waals surface area contributed by atoms with Crippen LogP contribution in [0.1, 0.15) is 40.7 Å². The topological polar surface area (TPSA) is 46.5 Å². The third-order valence-electron chi connectivity index (χ3n) is 6.03. The molecule has 4 rings (SSSR count). The molecule has 1 heterocycles. The first-order chi connectivity index (χ1) is 15.5. The van der Waals surface area contributed by atoms with Crippen molar-refractivity contribution in [1.29, 1.82) is 0 Å². The highest BCUT2D eigenvalue weighted by Gasteiger charge is 2.43. The second-order valence-corrected chi connectivity index (χ2v) is 9.39. The van der Waals surface area contributed by atoms with Crippen LogP contribution in [0.2, 0.25) is 0 Å². The maximum atomic E-state index is 13.1. The van der Waals surface area contributed by atoms with Gasteiger partial charge in [-0.3, -0.25) is 0 Å². The van der Waals surface area contributed by atoms with Gasteiger partial charge in [0.15, 0.2) is 0 Å². The summed E-state index contributed by atoms with van der Waals surface area (Å²) in [5.41, 5.74) is 4.73. The van der Waals surface area contributed by atoms with Crippen LogP contribution in [0.3, 0.4) is 0 Å². The molecule has 4 heteroatoms. The maximum Gasteiger partial charge on any atom is 0.348 e. The van der Waals surface area contributed by atoms with Gasteiger partial charge in [0.2, 0.25) is 0 Å². The molecule has 3 aromatic carbocycles. The van der Waals surface area contributed by atoms with E-state index in [1.54, 1.807) is 0 Å². The zero-order chi connectivity index (χ0) is 22.6. The van der Waals surface area contributed by atoms with Crippen molar-refractivity contribution < 1.29 is 14.6 Å². The minimum absolute atomic E-state index is 0.119. The van der Waals surface area contributed by atoms with E-state index in [-0.39, 0.29) is 12.2 Å². The number of aliphatic hydroxyl groups excluding tert-OH is 1. The van der Waals surface area contributed by atoms with Crippen LogP contribution in [0, 0.1) is 13.8 Å². The Morgan fingerprint density at radius 3 is 2.34 bits per heavy atom. The number of hydrogen-bond acceptors (Lipinski definition) is 4. The van der Waals surface area contributed by atoms with Crippen molar-refractivity contribution in [2.75, 3.05) is 0 Å². The number of carbonyl (C=O) groups excluding carboxylic acids is 1. The molecule has 1 unspecified atom stereocenters. The van der Waals surface area contributed by atoms with Crippen molar-refractivity contribution in [3.05, 3.63) is 117 Å². The monoisotopic (exact) mass is 444 g/mol. The summed E-state index contributed by atoms with van der Waals surface area (Å²) in [7, 11) is 0. The molecule has 164 valence electrons. The van der Waals surface area contributed by atoms with Gasteiger partial charge in [-0.25, -0.2) is 4.79 Å². The van der Waals surface area contributed by atoms with Crippen molar-refractivity contribution in [3.63, 3.8) is 0 Å². The van der Waals surface area contributed by atoms with Crippen molar-refractivity contribution in [2.45, 2.75) is 44.5 Å². The Morgan fingerprint density at radius 1 is 0.969 bits per heavy atom. The Balaban J connectivity index is 1.59. The standard InChI is InChI=1S/C28H28O3S/c1-20-13-14-21(2)23(17-20)19-32-26-25(29)18-28(31-27(26)30,24-11-7-4-8-12-24)16-15-22-9-5-3-6-10-22/h3-14,17,29H,15-16,18-19H2,1-2H3. The summed E-state index contributed by atoms with van der Waals surface area (Å²) < 4.78 is 6.13. The number of cyclic esters (lactones) is 1. The molecule has 0 saturated heterocycles. The molecule has 1 aliphatic heterocycles. The number of carbonyl (C=O) groups is 1. The van der Waals surface area contributed by atoms with E-state index in [0.29, 0.717) is 17.1 Å². The summed E-state index contributed by atoms with van der Waals surface area (Å²) >= 11 is 1.36. The van der Waals surface area contributed by atoms with Crippen LogP contribution in [0.15, 0.2) is 89.5 Å². The molecule has 0 saturated carbocycles. The average Bonchev–Trinajstić information content (AvgIpc) is 2.80. The second kappa shape index (κ2) is 9.66. The normalized spacial score (nSPS) is 18.5. The Hall–Kier alpha value is -2.98. The van der Waals surface area contributed by atoms with Crippen LogP contribution in [0.5, 0.6) is 0 Å². The average molecular weight is 445 g/mol. The van der Waals surface area contributed by atoms with Crippen molar-refractivity contribution in [2.24, 2.45) is 0 Å². The lowest BCUT2D eigenvalue weighted by Gasteiger charge is -2.37. The summed E-state index contributed by atoms with van der Waals surface area (Å²) in [6.07, 6.45) is 1.64. The Morgan fingerprint density at radius 2 is 1.66 bits per heavy atom. The van der Waals surface area contributed by atoms with Gasteiger partial charge in [0.1, 0.15) is 16.3 Å². The fourth-order valence-electron chi connectivity index (χ4n) is 4.15. The van der Waals surface area contributed by atoms with Crippen LogP contribution in [0.25, 0.3) is 0 Å². The number of aryl methyl sites for hydroxylation is 3. The van der Waals surface area contributed by atoms with E-state index in [2.05, 4.69) is 44.2 Å². The molecule has 1 atom stereocenters. The number of rotatable bonds is 7. The van der Waals surface area contributed by atoms with Crippen molar-refractivity contribution in [3.8, 4) is 0 Å². The van der Waals surface area contributed by atoms with Crippen LogP contribution < -0.4 is 0 Å².